The second kappa shape index (κ2) is 10.5. The fourth-order valence-electron chi connectivity index (χ4n) is 4.23. The molecule has 0 radical (unpaired) electrons. The number of hydrogen-bond donors (Lipinski definition) is 0. The zero-order valence-corrected chi connectivity index (χ0v) is 24.1. The number of hydrogen-bond acceptors (Lipinski definition) is 6. The Morgan fingerprint density at radius 3 is 1.68 bits per heavy atom. The van der Waals surface area contributed by atoms with Gasteiger partial charge in [0.15, 0.2) is 17.8 Å². The Morgan fingerprint density at radius 1 is 0.649 bits per heavy atom. The van der Waals surface area contributed by atoms with Crippen molar-refractivity contribution in [3.05, 3.63) is 98.8 Å². The van der Waals surface area contributed by atoms with Gasteiger partial charge in [-0.25, -0.2) is 0 Å². The van der Waals surface area contributed by atoms with Gasteiger partial charge in [-0.15, -0.1) is 22.7 Å². The third-order valence-corrected chi connectivity index (χ3v) is 9.37. The Kier molecular flexibility index (Phi) is 6.90. The highest BCUT2D eigenvalue weighted by molar-refractivity contribution is 9.10. The average Bonchev–Trinajstić information content (AvgIpc) is 3.56. The van der Waals surface area contributed by atoms with Gasteiger partial charge in [0.2, 0.25) is 0 Å². The van der Waals surface area contributed by atoms with Gasteiger partial charge < -0.3 is 14.4 Å². The lowest BCUT2D eigenvalue weighted by Crippen LogP contribution is -2.14. The first-order valence-corrected chi connectivity index (χ1v) is 14.7. The predicted octanol–water partition coefficient (Wildman–Crippen LogP) is 9.72. The first-order valence-electron chi connectivity index (χ1n) is 11.5. The van der Waals surface area contributed by atoms with Crippen molar-refractivity contribution in [2.24, 2.45) is 0 Å². The Hall–Kier alpha value is -2.91. The Morgan fingerprint density at radius 2 is 1.16 bits per heavy atom. The standard InChI is InChI=1S/C29H19Br2NO3S2/c30-19-3-9-22(10-4-19)32(23-11-5-20(31)6-12-23)21-7-1-18(2-8-21)28-26-27(35-16-15-34-26)29(37-28)25-14-13-24(17-33)36-25/h1-14,17H,15-16H2. The first-order chi connectivity index (χ1) is 18.1. The van der Waals surface area contributed by atoms with Crippen molar-refractivity contribution >= 4 is 77.9 Å². The number of benzene rings is 3. The summed E-state index contributed by atoms with van der Waals surface area (Å²) >= 11 is 10.2. The summed E-state index contributed by atoms with van der Waals surface area (Å²) in [6, 6.07) is 28.9. The monoisotopic (exact) mass is 651 g/mol. The number of ether oxygens (including phenoxy) is 2. The molecule has 0 saturated heterocycles. The molecule has 3 heterocycles. The highest BCUT2D eigenvalue weighted by atomic mass is 79.9. The molecule has 0 unspecified atom stereocenters. The summed E-state index contributed by atoms with van der Waals surface area (Å²) in [5.41, 5.74) is 4.23. The van der Waals surface area contributed by atoms with E-state index in [1.54, 1.807) is 11.3 Å². The largest absolute Gasteiger partial charge is 0.485 e. The van der Waals surface area contributed by atoms with Crippen LogP contribution in [0.1, 0.15) is 9.67 Å². The number of rotatable bonds is 6. The maximum absolute atomic E-state index is 11.2. The van der Waals surface area contributed by atoms with Crippen molar-refractivity contribution in [1.82, 2.24) is 0 Å². The molecule has 4 nitrogen and oxygen atoms in total. The number of carbonyl (C=O) groups excluding carboxylic acids is 1. The maximum Gasteiger partial charge on any atom is 0.181 e. The number of fused-ring (bicyclic) bond motifs is 1. The van der Waals surface area contributed by atoms with Gasteiger partial charge in [-0.3, -0.25) is 4.79 Å². The van der Waals surface area contributed by atoms with Gasteiger partial charge in [0, 0.05) is 30.9 Å². The summed E-state index contributed by atoms with van der Waals surface area (Å²) < 4.78 is 14.2. The van der Waals surface area contributed by atoms with Crippen molar-refractivity contribution in [1.29, 1.82) is 0 Å². The van der Waals surface area contributed by atoms with Crippen molar-refractivity contribution in [3.8, 4) is 31.7 Å². The number of carbonyl (C=O) groups is 1. The van der Waals surface area contributed by atoms with Gasteiger partial charge in [0.1, 0.15) is 13.2 Å². The Balaban J connectivity index is 1.40. The average molecular weight is 653 g/mol. The molecule has 1 aliphatic heterocycles. The minimum absolute atomic E-state index is 0.510. The minimum Gasteiger partial charge on any atom is -0.485 e. The van der Waals surface area contributed by atoms with Crippen LogP contribution < -0.4 is 14.4 Å². The maximum atomic E-state index is 11.2. The fourth-order valence-corrected chi connectivity index (χ4v) is 6.88. The summed E-state index contributed by atoms with van der Waals surface area (Å²) in [6.07, 6.45) is 0.883. The second-order valence-corrected chi connectivity index (χ2v) is 12.2. The van der Waals surface area contributed by atoms with E-state index in [-0.39, 0.29) is 0 Å². The van der Waals surface area contributed by atoms with E-state index in [9.17, 15) is 4.79 Å². The number of nitrogens with zero attached hydrogens (tertiary/aromatic N) is 1. The van der Waals surface area contributed by atoms with Crippen LogP contribution in [0.4, 0.5) is 17.1 Å². The van der Waals surface area contributed by atoms with Crippen LogP contribution in [0.25, 0.3) is 20.2 Å². The van der Waals surface area contributed by atoms with Crippen molar-refractivity contribution in [2.45, 2.75) is 0 Å². The quantitative estimate of drug-likeness (QED) is 0.171. The molecule has 0 spiro atoms. The normalized spacial score (nSPS) is 12.4. The van der Waals surface area contributed by atoms with Crippen LogP contribution in [0.3, 0.4) is 0 Å². The van der Waals surface area contributed by atoms with Gasteiger partial charge in [0.25, 0.3) is 0 Å². The highest BCUT2D eigenvalue weighted by Gasteiger charge is 2.27. The molecule has 37 heavy (non-hydrogen) atoms. The molecule has 6 rings (SSSR count). The lowest BCUT2D eigenvalue weighted by atomic mass is 10.1. The van der Waals surface area contributed by atoms with E-state index in [0.717, 1.165) is 64.0 Å². The smallest absolute Gasteiger partial charge is 0.181 e. The van der Waals surface area contributed by atoms with Crippen LogP contribution in [-0.4, -0.2) is 19.5 Å². The van der Waals surface area contributed by atoms with Gasteiger partial charge in [-0.2, -0.15) is 0 Å². The minimum atomic E-state index is 0.510. The molecule has 2 aromatic heterocycles. The molecule has 0 atom stereocenters. The molecule has 0 amide bonds. The number of thiophene rings is 2. The predicted molar refractivity (Wildman–Crippen MR) is 160 cm³/mol. The molecule has 0 N–H and O–H groups in total. The van der Waals surface area contributed by atoms with Crippen LogP contribution >= 0.6 is 54.5 Å². The first kappa shape index (κ1) is 24.4. The molecule has 0 aliphatic carbocycles. The van der Waals surface area contributed by atoms with E-state index >= 15 is 0 Å². The summed E-state index contributed by atoms with van der Waals surface area (Å²) in [6.45, 7) is 1.02. The topological polar surface area (TPSA) is 38.8 Å². The van der Waals surface area contributed by atoms with Gasteiger partial charge in [-0.1, -0.05) is 44.0 Å². The zero-order chi connectivity index (χ0) is 25.4. The van der Waals surface area contributed by atoms with Crippen LogP contribution in [-0.2, 0) is 0 Å². The van der Waals surface area contributed by atoms with E-state index in [4.69, 9.17) is 9.47 Å². The molecule has 1 aliphatic rings. The lowest BCUT2D eigenvalue weighted by molar-refractivity contribution is 0.112. The summed E-state index contributed by atoms with van der Waals surface area (Å²) in [5.74, 6) is 1.54. The fraction of sp³-hybridized carbons (Fsp3) is 0.0690. The van der Waals surface area contributed by atoms with Crippen LogP contribution in [0.2, 0.25) is 0 Å². The molecule has 3 aromatic carbocycles. The summed E-state index contributed by atoms with van der Waals surface area (Å²) in [4.78, 5) is 17.2. The molecule has 5 aromatic rings. The molecular weight excluding hydrogens is 634 g/mol. The van der Waals surface area contributed by atoms with Crippen LogP contribution in [0.5, 0.6) is 11.5 Å². The van der Waals surface area contributed by atoms with Crippen LogP contribution in [0.15, 0.2) is 93.9 Å². The summed E-state index contributed by atoms with van der Waals surface area (Å²) in [5, 5.41) is 0. The van der Waals surface area contributed by atoms with Gasteiger partial charge >= 0.3 is 0 Å². The van der Waals surface area contributed by atoms with E-state index in [1.807, 2.05) is 36.4 Å². The number of anilines is 3. The molecule has 0 saturated carbocycles. The lowest BCUT2D eigenvalue weighted by Gasteiger charge is -2.26. The SMILES string of the molecule is O=Cc1ccc(-c2sc(-c3ccc(N(c4ccc(Br)cc4)c4ccc(Br)cc4)cc3)c3c2OCCO3)s1. The zero-order valence-electron chi connectivity index (χ0n) is 19.3. The number of halogens is 2. The highest BCUT2D eigenvalue weighted by Crippen LogP contribution is 2.54. The van der Waals surface area contributed by atoms with E-state index in [2.05, 4.69) is 85.3 Å². The molecule has 0 bridgehead atoms. The van der Waals surface area contributed by atoms with E-state index in [0.29, 0.717) is 18.1 Å². The van der Waals surface area contributed by atoms with Crippen molar-refractivity contribution in [3.63, 3.8) is 0 Å². The third kappa shape index (κ3) is 4.86. The summed E-state index contributed by atoms with van der Waals surface area (Å²) in [7, 11) is 0. The second-order valence-electron chi connectivity index (χ2n) is 8.27. The van der Waals surface area contributed by atoms with Gasteiger partial charge in [0.05, 0.1) is 14.6 Å². The molecule has 8 heteroatoms. The number of aldehydes is 1. The van der Waals surface area contributed by atoms with E-state index in [1.165, 1.54) is 11.3 Å². The Labute approximate surface area is 239 Å². The Bertz CT molecular complexity index is 1510. The molecular formula is C29H19Br2NO3S2. The van der Waals surface area contributed by atoms with Crippen LogP contribution in [0, 0.1) is 0 Å². The van der Waals surface area contributed by atoms with Crippen molar-refractivity contribution in [2.75, 3.05) is 18.1 Å². The third-order valence-electron chi connectivity index (χ3n) is 5.92. The molecule has 184 valence electrons. The van der Waals surface area contributed by atoms with Crippen molar-refractivity contribution < 1.29 is 14.3 Å². The van der Waals surface area contributed by atoms with E-state index < -0.39 is 0 Å². The molecule has 0 fully saturated rings. The van der Waals surface area contributed by atoms with Gasteiger partial charge in [-0.05, 0) is 78.4 Å².